The molecule has 0 amide bonds. The lowest BCUT2D eigenvalue weighted by molar-refractivity contribution is 0.0694. The van der Waals surface area contributed by atoms with E-state index < -0.39 is 11.4 Å². The summed E-state index contributed by atoms with van der Waals surface area (Å²) in [4.78, 5) is 28.7. The van der Waals surface area contributed by atoms with Crippen molar-refractivity contribution in [3.8, 4) is 0 Å². The molecule has 1 aliphatic carbocycles. The van der Waals surface area contributed by atoms with E-state index in [0.717, 1.165) is 41.8 Å². The van der Waals surface area contributed by atoms with E-state index in [9.17, 15) is 14.7 Å². The molecule has 7 nitrogen and oxygen atoms in total. The Morgan fingerprint density at radius 3 is 2.62 bits per heavy atom. The minimum Gasteiger partial charge on any atom is -0.491 e. The number of rotatable bonds is 11. The summed E-state index contributed by atoms with van der Waals surface area (Å²) in [6.07, 6.45) is 9.66. The van der Waals surface area contributed by atoms with E-state index in [1.165, 1.54) is 12.3 Å². The fourth-order valence-electron chi connectivity index (χ4n) is 3.73. The van der Waals surface area contributed by atoms with Gasteiger partial charge in [0.05, 0.1) is 6.61 Å². The average molecular weight is 443 g/mol. The van der Waals surface area contributed by atoms with E-state index in [4.69, 9.17) is 9.47 Å². The summed E-state index contributed by atoms with van der Waals surface area (Å²) in [6.45, 7) is 7.93. The van der Waals surface area contributed by atoms with Gasteiger partial charge >= 0.3 is 5.97 Å². The molecule has 0 aliphatic heterocycles. The van der Waals surface area contributed by atoms with Crippen LogP contribution in [-0.4, -0.2) is 48.7 Å². The number of carbonyl (C=O) groups is 1. The number of aliphatic imine (C=N–C) groups is 1. The zero-order valence-corrected chi connectivity index (χ0v) is 19.7. The van der Waals surface area contributed by atoms with Crippen LogP contribution in [-0.2, 0) is 16.0 Å². The Morgan fingerprint density at radius 2 is 2.03 bits per heavy atom. The van der Waals surface area contributed by atoms with Crippen molar-refractivity contribution in [2.75, 3.05) is 27.4 Å². The molecule has 0 aromatic carbocycles. The number of ether oxygens (including phenoxy) is 2. The van der Waals surface area contributed by atoms with E-state index in [-0.39, 0.29) is 11.5 Å². The third kappa shape index (κ3) is 5.85. The van der Waals surface area contributed by atoms with Crippen LogP contribution >= 0.6 is 0 Å². The summed E-state index contributed by atoms with van der Waals surface area (Å²) in [5.74, 6) is -0.432. The van der Waals surface area contributed by atoms with Gasteiger partial charge in [0.15, 0.2) is 5.43 Å². The Balaban J connectivity index is 2.67. The molecule has 2 rings (SSSR count). The highest BCUT2D eigenvalue weighted by Gasteiger charge is 2.25. The van der Waals surface area contributed by atoms with Gasteiger partial charge in [-0.2, -0.15) is 0 Å². The topological polar surface area (TPSA) is 90.1 Å². The van der Waals surface area contributed by atoms with Gasteiger partial charge in [-0.1, -0.05) is 32.9 Å². The summed E-state index contributed by atoms with van der Waals surface area (Å²) >= 11 is 0. The van der Waals surface area contributed by atoms with Gasteiger partial charge in [0.1, 0.15) is 17.0 Å². The molecule has 32 heavy (non-hydrogen) atoms. The molecule has 0 fully saturated rings. The second-order valence-electron chi connectivity index (χ2n) is 7.73. The van der Waals surface area contributed by atoms with Gasteiger partial charge < -0.3 is 19.1 Å². The fraction of sp³-hybridized carbons (Fsp3) is 0.480. The highest BCUT2D eigenvalue weighted by atomic mass is 16.5. The Labute approximate surface area is 189 Å². The summed E-state index contributed by atoms with van der Waals surface area (Å²) < 4.78 is 13.0. The van der Waals surface area contributed by atoms with Crippen molar-refractivity contribution in [2.45, 2.75) is 46.6 Å². The largest absolute Gasteiger partial charge is 0.491 e. The number of carboxylic acid groups (broad SMARTS) is 1. The molecule has 1 aromatic heterocycles. The number of aryl methyl sites for hydroxylation is 1. The molecular weight excluding hydrogens is 408 g/mol. The number of nitrogens with zero attached hydrogens (tertiary/aromatic N) is 2. The molecule has 0 saturated heterocycles. The van der Waals surface area contributed by atoms with Crippen molar-refractivity contribution >= 4 is 17.3 Å². The number of hydrogen-bond donors (Lipinski definition) is 1. The van der Waals surface area contributed by atoms with E-state index in [1.54, 1.807) is 14.2 Å². The fourth-order valence-corrected chi connectivity index (χ4v) is 3.73. The third-order valence-corrected chi connectivity index (χ3v) is 5.47. The van der Waals surface area contributed by atoms with Gasteiger partial charge in [-0.05, 0) is 30.4 Å². The maximum Gasteiger partial charge on any atom is 0.341 e. The van der Waals surface area contributed by atoms with E-state index in [2.05, 4.69) is 18.8 Å². The minimum absolute atomic E-state index is 0.109. The molecule has 1 aromatic rings. The van der Waals surface area contributed by atoms with Crippen molar-refractivity contribution in [3.05, 3.63) is 63.3 Å². The second-order valence-corrected chi connectivity index (χ2v) is 7.73. The molecule has 0 saturated carbocycles. The maximum atomic E-state index is 12.6. The Morgan fingerprint density at radius 1 is 1.28 bits per heavy atom. The lowest BCUT2D eigenvalue weighted by atomic mass is 9.86. The smallest absolute Gasteiger partial charge is 0.341 e. The predicted molar refractivity (Wildman–Crippen MR) is 127 cm³/mol. The van der Waals surface area contributed by atoms with E-state index >= 15 is 0 Å². The van der Waals surface area contributed by atoms with Gasteiger partial charge in [0.2, 0.25) is 0 Å². The molecule has 1 aliphatic rings. The number of pyridine rings is 1. The summed E-state index contributed by atoms with van der Waals surface area (Å²) in [7, 11) is 3.38. The SMILES string of the molecule is CCCn1cc(C(=O)O)c(=O)cc1/C(=C1\C=CC=C(OCCCOC)C1=NC)C(C)CC. The highest BCUT2D eigenvalue weighted by Crippen LogP contribution is 2.33. The molecule has 7 heteroatoms. The monoisotopic (exact) mass is 442 g/mol. The van der Waals surface area contributed by atoms with Gasteiger partial charge in [-0.15, -0.1) is 0 Å². The van der Waals surface area contributed by atoms with Crippen LogP contribution in [0.5, 0.6) is 0 Å². The average Bonchev–Trinajstić information content (AvgIpc) is 2.78. The maximum absolute atomic E-state index is 12.6. The summed E-state index contributed by atoms with van der Waals surface area (Å²) in [5.41, 5.74) is 2.57. The van der Waals surface area contributed by atoms with Crippen molar-refractivity contribution in [2.24, 2.45) is 10.9 Å². The van der Waals surface area contributed by atoms with Gasteiger partial charge in [-0.25, -0.2) is 4.79 Å². The van der Waals surface area contributed by atoms with Gasteiger partial charge in [-0.3, -0.25) is 9.79 Å². The summed E-state index contributed by atoms with van der Waals surface area (Å²) in [6, 6.07) is 1.45. The third-order valence-electron chi connectivity index (χ3n) is 5.47. The van der Waals surface area contributed by atoms with Crippen molar-refractivity contribution < 1.29 is 19.4 Å². The van der Waals surface area contributed by atoms with Crippen LogP contribution in [0.2, 0.25) is 0 Å². The molecule has 174 valence electrons. The van der Waals surface area contributed by atoms with E-state index in [0.29, 0.717) is 25.5 Å². The Bertz CT molecular complexity index is 998. The van der Waals surface area contributed by atoms with Gasteiger partial charge in [0, 0.05) is 57.3 Å². The van der Waals surface area contributed by atoms with Crippen LogP contribution in [0.4, 0.5) is 0 Å². The number of methoxy groups -OCH3 is 1. The van der Waals surface area contributed by atoms with Crippen molar-refractivity contribution in [3.63, 3.8) is 0 Å². The lowest BCUT2D eigenvalue weighted by Gasteiger charge is -2.25. The second kappa shape index (κ2) is 12.2. The van der Waals surface area contributed by atoms with Crippen LogP contribution in [0.3, 0.4) is 0 Å². The minimum atomic E-state index is -1.22. The first-order valence-corrected chi connectivity index (χ1v) is 11.1. The first-order valence-electron chi connectivity index (χ1n) is 11.1. The first-order chi connectivity index (χ1) is 15.4. The van der Waals surface area contributed by atoms with Crippen LogP contribution in [0, 0.1) is 5.92 Å². The highest BCUT2D eigenvalue weighted by molar-refractivity contribution is 6.18. The van der Waals surface area contributed by atoms with Crippen LogP contribution in [0.1, 0.15) is 56.1 Å². The Kier molecular flexibility index (Phi) is 9.65. The summed E-state index contributed by atoms with van der Waals surface area (Å²) in [5, 5.41) is 9.44. The zero-order chi connectivity index (χ0) is 23.7. The molecule has 1 N–H and O–H groups in total. The predicted octanol–water partition coefficient (Wildman–Crippen LogP) is 4.33. The quantitative estimate of drug-likeness (QED) is 0.515. The van der Waals surface area contributed by atoms with Crippen LogP contribution in [0.25, 0.3) is 5.57 Å². The molecule has 0 bridgehead atoms. The molecule has 1 unspecified atom stereocenters. The first kappa shape index (κ1) is 25.3. The van der Waals surface area contributed by atoms with Gasteiger partial charge in [0.25, 0.3) is 0 Å². The Hall–Kier alpha value is -2.93. The zero-order valence-electron chi connectivity index (χ0n) is 19.7. The molecular formula is C25H34N2O5. The number of aromatic nitrogens is 1. The molecule has 1 atom stereocenters. The molecule has 0 radical (unpaired) electrons. The number of carboxylic acids is 1. The number of aromatic carboxylic acids is 1. The number of allylic oxidation sites excluding steroid dienone is 5. The van der Waals surface area contributed by atoms with E-state index in [1.807, 2.05) is 29.7 Å². The standard InChI is InChI=1S/C25H34N2O5/c1-6-12-27-16-19(25(29)30)21(28)15-20(27)23(17(3)7-2)18-10-8-11-22(24(18)26-4)32-14-9-13-31-5/h8,10-11,15-17H,6-7,9,12-14H2,1-5H3,(H,29,30)/b23-18+,26-24?. The van der Waals surface area contributed by atoms with Crippen LogP contribution < -0.4 is 5.43 Å². The molecule has 0 spiro atoms. The number of hydrogen-bond acceptors (Lipinski definition) is 5. The van der Waals surface area contributed by atoms with Crippen LogP contribution in [0.15, 0.2) is 51.6 Å². The van der Waals surface area contributed by atoms with Crippen molar-refractivity contribution in [1.29, 1.82) is 0 Å². The lowest BCUT2D eigenvalue weighted by Crippen LogP contribution is -2.23. The van der Waals surface area contributed by atoms with Crippen molar-refractivity contribution in [1.82, 2.24) is 4.57 Å². The molecule has 1 heterocycles. The normalized spacial score (nSPS) is 17.3.